The van der Waals surface area contributed by atoms with E-state index in [0.717, 1.165) is 0 Å². The highest BCUT2D eigenvalue weighted by Crippen LogP contribution is 2.00. The minimum Gasteiger partial charge on any atom is -0.436 e. The molecular weight excluding hydrogens is 132 g/mol. The van der Waals surface area contributed by atoms with Gasteiger partial charge in [-0.05, 0) is 0 Å². The Bertz CT molecular complexity index is 242. The SMILES string of the molecule is CNC(=O)c1cnc(C)o1. The first-order chi connectivity index (χ1) is 4.74. The largest absolute Gasteiger partial charge is 0.436 e. The van der Waals surface area contributed by atoms with Crippen LogP contribution in [0.2, 0.25) is 0 Å². The highest BCUT2D eigenvalue weighted by molar-refractivity contribution is 5.90. The molecule has 0 atom stereocenters. The van der Waals surface area contributed by atoms with Gasteiger partial charge in [0.1, 0.15) is 0 Å². The number of nitrogens with one attached hydrogen (secondary N) is 1. The van der Waals surface area contributed by atoms with E-state index in [9.17, 15) is 4.79 Å². The number of carbonyl (C=O) groups is 1. The van der Waals surface area contributed by atoms with Gasteiger partial charge in [0.2, 0.25) is 5.76 Å². The number of oxazole rings is 1. The zero-order valence-electron chi connectivity index (χ0n) is 5.84. The molecule has 1 amide bonds. The summed E-state index contributed by atoms with van der Waals surface area (Å²) in [6.07, 6.45) is 1.40. The Morgan fingerprint density at radius 3 is 2.90 bits per heavy atom. The number of hydrogen-bond donors (Lipinski definition) is 1. The van der Waals surface area contributed by atoms with E-state index in [4.69, 9.17) is 4.42 Å². The first-order valence-electron chi connectivity index (χ1n) is 2.88. The number of aryl methyl sites for hydroxylation is 1. The van der Waals surface area contributed by atoms with Gasteiger partial charge in [-0.25, -0.2) is 4.98 Å². The van der Waals surface area contributed by atoms with Crippen molar-refractivity contribution in [3.63, 3.8) is 0 Å². The van der Waals surface area contributed by atoms with Gasteiger partial charge < -0.3 is 9.73 Å². The maximum absolute atomic E-state index is 10.8. The molecule has 1 aromatic rings. The monoisotopic (exact) mass is 140 g/mol. The molecule has 0 bridgehead atoms. The molecule has 10 heavy (non-hydrogen) atoms. The lowest BCUT2D eigenvalue weighted by atomic mass is 10.5. The fourth-order valence-corrected chi connectivity index (χ4v) is 0.590. The van der Waals surface area contributed by atoms with Crippen LogP contribution in [0.25, 0.3) is 0 Å². The van der Waals surface area contributed by atoms with Gasteiger partial charge in [-0.15, -0.1) is 0 Å². The van der Waals surface area contributed by atoms with Crippen LogP contribution in [0, 0.1) is 6.92 Å². The molecule has 1 aromatic heterocycles. The lowest BCUT2D eigenvalue weighted by Gasteiger charge is -1.89. The van der Waals surface area contributed by atoms with Crippen molar-refractivity contribution in [1.29, 1.82) is 0 Å². The summed E-state index contributed by atoms with van der Waals surface area (Å²) in [5, 5.41) is 2.42. The van der Waals surface area contributed by atoms with Crippen LogP contribution >= 0.6 is 0 Å². The number of aromatic nitrogens is 1. The standard InChI is InChI=1S/C6H8N2O2/c1-4-8-3-5(10-4)6(9)7-2/h3H,1-2H3,(H,7,9). The first-order valence-corrected chi connectivity index (χ1v) is 2.88. The van der Waals surface area contributed by atoms with Crippen LogP contribution in [0.4, 0.5) is 0 Å². The second kappa shape index (κ2) is 2.51. The second-order valence-corrected chi connectivity index (χ2v) is 1.82. The third-order valence-electron chi connectivity index (χ3n) is 1.07. The second-order valence-electron chi connectivity index (χ2n) is 1.82. The summed E-state index contributed by atoms with van der Waals surface area (Å²) in [6.45, 7) is 1.69. The summed E-state index contributed by atoms with van der Waals surface area (Å²) < 4.78 is 4.91. The van der Waals surface area contributed by atoms with Crippen LogP contribution < -0.4 is 5.32 Å². The zero-order valence-corrected chi connectivity index (χ0v) is 5.84. The molecular formula is C6H8N2O2. The van der Waals surface area contributed by atoms with Crippen molar-refractivity contribution in [2.45, 2.75) is 6.92 Å². The average molecular weight is 140 g/mol. The summed E-state index contributed by atoms with van der Waals surface area (Å²) in [7, 11) is 1.54. The molecule has 1 rings (SSSR count). The van der Waals surface area contributed by atoms with E-state index >= 15 is 0 Å². The molecule has 4 heteroatoms. The molecule has 0 saturated heterocycles. The predicted molar refractivity (Wildman–Crippen MR) is 34.6 cm³/mol. The summed E-state index contributed by atoms with van der Waals surface area (Å²) in [5.41, 5.74) is 0. The zero-order chi connectivity index (χ0) is 7.56. The molecule has 0 spiro atoms. The fourth-order valence-electron chi connectivity index (χ4n) is 0.590. The Morgan fingerprint density at radius 1 is 1.80 bits per heavy atom. The normalized spacial score (nSPS) is 9.40. The summed E-state index contributed by atoms with van der Waals surface area (Å²) >= 11 is 0. The van der Waals surface area contributed by atoms with Crippen molar-refractivity contribution < 1.29 is 9.21 Å². The number of carbonyl (C=O) groups excluding carboxylic acids is 1. The first kappa shape index (κ1) is 6.80. The Morgan fingerprint density at radius 2 is 2.50 bits per heavy atom. The third kappa shape index (κ3) is 1.15. The van der Waals surface area contributed by atoms with Gasteiger partial charge in [-0.2, -0.15) is 0 Å². The van der Waals surface area contributed by atoms with E-state index in [0.29, 0.717) is 5.89 Å². The smallest absolute Gasteiger partial charge is 0.288 e. The Labute approximate surface area is 58.3 Å². The topological polar surface area (TPSA) is 55.1 Å². The van der Waals surface area contributed by atoms with Gasteiger partial charge in [0, 0.05) is 14.0 Å². The van der Waals surface area contributed by atoms with E-state index in [2.05, 4.69) is 10.3 Å². The van der Waals surface area contributed by atoms with E-state index in [1.165, 1.54) is 6.20 Å². The molecule has 0 aromatic carbocycles. The maximum Gasteiger partial charge on any atom is 0.288 e. The molecule has 0 aliphatic rings. The number of nitrogens with zero attached hydrogens (tertiary/aromatic N) is 1. The van der Waals surface area contributed by atoms with Gasteiger partial charge in [-0.3, -0.25) is 4.79 Å². The molecule has 0 radical (unpaired) electrons. The molecule has 0 saturated carbocycles. The molecule has 0 aliphatic heterocycles. The Hall–Kier alpha value is -1.32. The Kier molecular flexibility index (Phi) is 1.71. The minimum atomic E-state index is -0.249. The minimum absolute atomic E-state index is 0.249. The van der Waals surface area contributed by atoms with Crippen molar-refractivity contribution in [1.82, 2.24) is 10.3 Å². The third-order valence-corrected chi connectivity index (χ3v) is 1.07. The van der Waals surface area contributed by atoms with E-state index in [1.54, 1.807) is 14.0 Å². The molecule has 4 nitrogen and oxygen atoms in total. The van der Waals surface area contributed by atoms with E-state index in [1.807, 2.05) is 0 Å². The number of amides is 1. The molecule has 0 unspecified atom stereocenters. The van der Waals surface area contributed by atoms with Crippen LogP contribution in [0.3, 0.4) is 0 Å². The Balaban J connectivity index is 2.85. The van der Waals surface area contributed by atoms with Crippen molar-refractivity contribution in [3.8, 4) is 0 Å². The summed E-state index contributed by atoms with van der Waals surface area (Å²) in [6, 6.07) is 0. The number of hydrogen-bond acceptors (Lipinski definition) is 3. The van der Waals surface area contributed by atoms with E-state index in [-0.39, 0.29) is 11.7 Å². The molecule has 0 aliphatic carbocycles. The fraction of sp³-hybridized carbons (Fsp3) is 0.333. The van der Waals surface area contributed by atoms with Crippen LogP contribution in [-0.2, 0) is 0 Å². The molecule has 1 N–H and O–H groups in total. The quantitative estimate of drug-likeness (QED) is 0.612. The van der Waals surface area contributed by atoms with Crippen LogP contribution in [0.5, 0.6) is 0 Å². The number of rotatable bonds is 1. The van der Waals surface area contributed by atoms with Crippen molar-refractivity contribution in [3.05, 3.63) is 17.8 Å². The van der Waals surface area contributed by atoms with Crippen LogP contribution in [-0.4, -0.2) is 17.9 Å². The van der Waals surface area contributed by atoms with Crippen molar-refractivity contribution in [2.75, 3.05) is 7.05 Å². The van der Waals surface area contributed by atoms with Gasteiger partial charge >= 0.3 is 0 Å². The molecule has 1 heterocycles. The summed E-state index contributed by atoms with van der Waals surface area (Å²) in [5.74, 6) is 0.499. The van der Waals surface area contributed by atoms with E-state index < -0.39 is 0 Å². The molecule has 54 valence electrons. The van der Waals surface area contributed by atoms with Gasteiger partial charge in [0.15, 0.2) is 5.89 Å². The van der Waals surface area contributed by atoms with Crippen molar-refractivity contribution >= 4 is 5.91 Å². The molecule has 0 fully saturated rings. The average Bonchev–Trinajstić information content (AvgIpc) is 2.34. The highest BCUT2D eigenvalue weighted by atomic mass is 16.4. The summed E-state index contributed by atoms with van der Waals surface area (Å²) in [4.78, 5) is 14.5. The maximum atomic E-state index is 10.8. The lowest BCUT2D eigenvalue weighted by Crippen LogP contribution is -2.16. The van der Waals surface area contributed by atoms with Gasteiger partial charge in [-0.1, -0.05) is 0 Å². The van der Waals surface area contributed by atoms with Crippen molar-refractivity contribution in [2.24, 2.45) is 0 Å². The lowest BCUT2D eigenvalue weighted by molar-refractivity contribution is 0.0934. The predicted octanol–water partition coefficient (Wildman–Crippen LogP) is 0.343. The van der Waals surface area contributed by atoms with Crippen LogP contribution in [0.15, 0.2) is 10.6 Å². The van der Waals surface area contributed by atoms with Gasteiger partial charge in [0.25, 0.3) is 5.91 Å². The van der Waals surface area contributed by atoms with Gasteiger partial charge in [0.05, 0.1) is 6.20 Å². The highest BCUT2D eigenvalue weighted by Gasteiger charge is 2.06. The van der Waals surface area contributed by atoms with Crippen LogP contribution in [0.1, 0.15) is 16.4 Å².